The Kier molecular flexibility index (Phi) is 4.05. The van der Waals surface area contributed by atoms with Crippen molar-refractivity contribution in [1.82, 2.24) is 0 Å². The van der Waals surface area contributed by atoms with Gasteiger partial charge in [0.25, 0.3) is 0 Å². The number of Topliss-reactive ketones (excluding diaryl/α,β-unsaturated/α-hetero) is 1. The van der Waals surface area contributed by atoms with Gasteiger partial charge in [-0.2, -0.15) is 0 Å². The van der Waals surface area contributed by atoms with Crippen LogP contribution in [0.5, 0.6) is 0 Å². The van der Waals surface area contributed by atoms with Gasteiger partial charge in [0.15, 0.2) is 17.2 Å². The van der Waals surface area contributed by atoms with Crippen LogP contribution in [-0.4, -0.2) is 41.3 Å². The minimum absolute atomic E-state index is 0.0304. The fourth-order valence-corrected chi connectivity index (χ4v) is 6.82. The standard InChI is InChI=1S/C21H25F3O3/c1-19-9-18(27)21(24)14(12(19)3-4-13(19)17(26)10-22)8-16(23)15-7-11(25)5-6-20(15,21)2/h5-7,12-14,16,18,27H,3-4,8-10H2,1-2H3/t12?,13-,14+,16+,18+,19+,20+,21+/m1/s1. The number of hydrogen-bond donors (Lipinski definition) is 1. The van der Waals surface area contributed by atoms with E-state index in [1.807, 2.05) is 6.92 Å². The highest BCUT2D eigenvalue weighted by molar-refractivity contribution is 6.01. The monoisotopic (exact) mass is 382 g/mol. The van der Waals surface area contributed by atoms with Crippen LogP contribution in [0.1, 0.15) is 39.5 Å². The van der Waals surface area contributed by atoms with Crippen LogP contribution >= 0.6 is 0 Å². The maximum Gasteiger partial charge on any atom is 0.178 e. The molecule has 1 unspecified atom stereocenters. The topological polar surface area (TPSA) is 54.4 Å². The molecular formula is C21H25F3O3. The van der Waals surface area contributed by atoms with Gasteiger partial charge in [-0.15, -0.1) is 0 Å². The molecule has 8 atom stereocenters. The number of fused-ring (bicyclic) bond motifs is 5. The first kappa shape index (κ1) is 18.9. The molecule has 0 amide bonds. The average Bonchev–Trinajstić information content (AvgIpc) is 2.95. The predicted octanol–water partition coefficient (Wildman–Crippen LogP) is 3.46. The van der Waals surface area contributed by atoms with E-state index in [2.05, 4.69) is 0 Å². The lowest BCUT2D eigenvalue weighted by atomic mass is 9.45. The van der Waals surface area contributed by atoms with E-state index in [1.165, 1.54) is 12.2 Å². The summed E-state index contributed by atoms with van der Waals surface area (Å²) in [4.78, 5) is 23.9. The largest absolute Gasteiger partial charge is 0.390 e. The Hall–Kier alpha value is -1.43. The van der Waals surface area contributed by atoms with Gasteiger partial charge >= 0.3 is 0 Å². The average molecular weight is 382 g/mol. The summed E-state index contributed by atoms with van der Waals surface area (Å²) in [6, 6.07) is 0. The van der Waals surface area contributed by atoms with Gasteiger partial charge in [0.2, 0.25) is 0 Å². The van der Waals surface area contributed by atoms with Gasteiger partial charge in [-0.05, 0) is 61.7 Å². The first-order valence-corrected chi connectivity index (χ1v) is 9.64. The molecule has 0 aromatic rings. The first-order valence-electron chi connectivity index (χ1n) is 9.64. The molecule has 0 saturated heterocycles. The molecule has 4 rings (SSSR count). The lowest BCUT2D eigenvalue weighted by Crippen LogP contribution is -2.68. The molecule has 0 heterocycles. The molecular weight excluding hydrogens is 357 g/mol. The zero-order valence-electron chi connectivity index (χ0n) is 15.6. The van der Waals surface area contributed by atoms with Crippen molar-refractivity contribution in [2.75, 3.05) is 6.67 Å². The number of aliphatic hydroxyl groups is 1. The number of ketones is 2. The number of hydrogen-bond acceptors (Lipinski definition) is 3. The van der Waals surface area contributed by atoms with Crippen LogP contribution in [0, 0.1) is 28.6 Å². The Morgan fingerprint density at radius 3 is 2.67 bits per heavy atom. The molecule has 0 aromatic carbocycles. The summed E-state index contributed by atoms with van der Waals surface area (Å²) in [5.41, 5.74) is -4.19. The maximum absolute atomic E-state index is 16.7. The number of halogens is 3. The van der Waals surface area contributed by atoms with Crippen LogP contribution in [0.4, 0.5) is 13.2 Å². The quantitative estimate of drug-likeness (QED) is 0.796. The third-order valence-electron chi connectivity index (χ3n) is 8.15. The Morgan fingerprint density at radius 2 is 2.00 bits per heavy atom. The summed E-state index contributed by atoms with van der Waals surface area (Å²) in [5.74, 6) is -2.57. The van der Waals surface area contributed by atoms with Crippen molar-refractivity contribution in [3.63, 3.8) is 0 Å². The zero-order chi connectivity index (χ0) is 19.8. The fraction of sp³-hybridized carbons (Fsp3) is 0.714. The van der Waals surface area contributed by atoms with Gasteiger partial charge in [0.1, 0.15) is 12.8 Å². The summed E-state index contributed by atoms with van der Waals surface area (Å²) in [6.45, 7) is 2.29. The van der Waals surface area contributed by atoms with Crippen molar-refractivity contribution >= 4 is 11.6 Å². The van der Waals surface area contributed by atoms with E-state index in [4.69, 9.17) is 0 Å². The lowest BCUT2D eigenvalue weighted by Gasteiger charge is -2.62. The van der Waals surface area contributed by atoms with Crippen molar-refractivity contribution in [3.8, 4) is 0 Å². The maximum atomic E-state index is 16.7. The molecule has 0 bridgehead atoms. The van der Waals surface area contributed by atoms with Crippen molar-refractivity contribution in [2.45, 2.75) is 57.5 Å². The molecule has 6 heteroatoms. The fourth-order valence-electron chi connectivity index (χ4n) is 6.82. The van der Waals surface area contributed by atoms with Crippen molar-refractivity contribution in [2.24, 2.45) is 28.6 Å². The molecule has 0 aliphatic heterocycles. The van der Waals surface area contributed by atoms with Gasteiger partial charge in [-0.25, -0.2) is 13.2 Å². The van der Waals surface area contributed by atoms with Crippen LogP contribution < -0.4 is 0 Å². The van der Waals surface area contributed by atoms with E-state index < -0.39 is 53.1 Å². The van der Waals surface area contributed by atoms with E-state index in [0.29, 0.717) is 12.8 Å². The smallest absolute Gasteiger partial charge is 0.178 e. The normalized spacial score (nSPS) is 51.3. The summed E-state index contributed by atoms with van der Waals surface area (Å²) in [6.07, 6.45) is 1.74. The van der Waals surface area contributed by atoms with E-state index in [-0.39, 0.29) is 30.1 Å². The minimum atomic E-state index is -2.13. The molecule has 3 nitrogen and oxygen atoms in total. The molecule has 3 fully saturated rings. The summed E-state index contributed by atoms with van der Waals surface area (Å²) in [5, 5.41) is 11.0. The summed E-state index contributed by atoms with van der Waals surface area (Å²) >= 11 is 0. The lowest BCUT2D eigenvalue weighted by molar-refractivity contribution is -0.201. The molecule has 4 aliphatic rings. The number of carbonyl (C=O) groups is 2. The SMILES string of the molecule is C[C@]12C[C@H](O)[C@@]3(F)[C@@H](C[C@H](F)C4=CC(=O)C=C[C@@]43C)C1CC[C@@H]2C(=O)CF. The predicted molar refractivity (Wildman–Crippen MR) is 93.1 cm³/mol. The van der Waals surface area contributed by atoms with E-state index in [1.54, 1.807) is 6.92 Å². The van der Waals surface area contributed by atoms with Crippen LogP contribution in [0.15, 0.2) is 23.8 Å². The van der Waals surface area contributed by atoms with E-state index in [0.717, 1.165) is 6.08 Å². The summed E-state index contributed by atoms with van der Waals surface area (Å²) in [7, 11) is 0. The second-order valence-electron chi connectivity index (χ2n) is 9.18. The second kappa shape index (κ2) is 5.79. The Balaban J connectivity index is 1.81. The van der Waals surface area contributed by atoms with Gasteiger partial charge in [-0.3, -0.25) is 9.59 Å². The highest BCUT2D eigenvalue weighted by Crippen LogP contribution is 2.69. The molecule has 148 valence electrons. The van der Waals surface area contributed by atoms with Gasteiger partial charge in [0.05, 0.1) is 6.10 Å². The van der Waals surface area contributed by atoms with Crippen LogP contribution in [-0.2, 0) is 9.59 Å². The van der Waals surface area contributed by atoms with Crippen LogP contribution in [0.3, 0.4) is 0 Å². The molecule has 1 N–H and O–H groups in total. The third-order valence-corrected chi connectivity index (χ3v) is 8.15. The van der Waals surface area contributed by atoms with Crippen LogP contribution in [0.25, 0.3) is 0 Å². The van der Waals surface area contributed by atoms with E-state index in [9.17, 15) is 19.1 Å². The minimum Gasteiger partial charge on any atom is -0.390 e. The Labute approximate surface area is 156 Å². The molecule has 0 radical (unpaired) electrons. The van der Waals surface area contributed by atoms with E-state index >= 15 is 8.78 Å². The zero-order valence-corrected chi connectivity index (χ0v) is 15.6. The molecule has 27 heavy (non-hydrogen) atoms. The number of aliphatic hydroxyl groups excluding tert-OH is 1. The number of allylic oxidation sites excluding steroid dienone is 4. The van der Waals surface area contributed by atoms with Crippen molar-refractivity contribution in [3.05, 3.63) is 23.8 Å². The molecule has 3 saturated carbocycles. The highest BCUT2D eigenvalue weighted by Gasteiger charge is 2.72. The van der Waals surface area contributed by atoms with Gasteiger partial charge in [0, 0.05) is 17.3 Å². The van der Waals surface area contributed by atoms with Crippen LogP contribution in [0.2, 0.25) is 0 Å². The highest BCUT2D eigenvalue weighted by atomic mass is 19.1. The number of rotatable bonds is 2. The number of alkyl halides is 3. The van der Waals surface area contributed by atoms with Crippen molar-refractivity contribution < 1.29 is 27.9 Å². The van der Waals surface area contributed by atoms with Crippen molar-refractivity contribution in [1.29, 1.82) is 0 Å². The Morgan fingerprint density at radius 1 is 1.30 bits per heavy atom. The summed E-state index contributed by atoms with van der Waals surface area (Å²) < 4.78 is 44.8. The molecule has 4 aliphatic carbocycles. The third kappa shape index (κ3) is 2.19. The Bertz CT molecular complexity index is 762. The van der Waals surface area contributed by atoms with Gasteiger partial charge in [-0.1, -0.05) is 13.0 Å². The first-order chi connectivity index (χ1) is 12.6. The molecule has 0 aromatic heterocycles. The second-order valence-corrected chi connectivity index (χ2v) is 9.18. The molecule has 0 spiro atoms. The number of carbonyl (C=O) groups excluding carboxylic acids is 2. The van der Waals surface area contributed by atoms with Gasteiger partial charge < -0.3 is 5.11 Å².